The maximum atomic E-state index is 13.6. The minimum atomic E-state index is -1.03. The maximum Gasteiger partial charge on any atom is 0.273 e. The van der Waals surface area contributed by atoms with E-state index in [0.717, 1.165) is 37.7 Å². The van der Waals surface area contributed by atoms with Crippen LogP contribution >= 0.6 is 0 Å². The molecule has 1 atom stereocenters. The predicted molar refractivity (Wildman–Crippen MR) is 129 cm³/mol. The van der Waals surface area contributed by atoms with Gasteiger partial charge in [0.1, 0.15) is 11.2 Å². The van der Waals surface area contributed by atoms with Crippen molar-refractivity contribution in [2.24, 2.45) is 0 Å². The number of nitrogens with zero attached hydrogens (tertiary/aromatic N) is 3. The second-order valence-corrected chi connectivity index (χ2v) is 9.61. The van der Waals surface area contributed by atoms with Crippen LogP contribution in [-0.4, -0.2) is 50.3 Å². The lowest BCUT2D eigenvalue weighted by molar-refractivity contribution is -0.133. The van der Waals surface area contributed by atoms with Crippen LogP contribution in [0.1, 0.15) is 85.0 Å². The number of aryl methyl sites for hydroxylation is 1. The van der Waals surface area contributed by atoms with Gasteiger partial charge in [0.05, 0.1) is 12.9 Å². The second kappa shape index (κ2) is 9.99. The van der Waals surface area contributed by atoms with E-state index >= 15 is 0 Å². The minimum Gasteiger partial charge on any atom is -0.351 e. The van der Waals surface area contributed by atoms with Gasteiger partial charge in [0, 0.05) is 19.1 Å². The van der Waals surface area contributed by atoms with Crippen LogP contribution in [0.25, 0.3) is 0 Å². The first-order chi connectivity index (χ1) is 16.4. The number of amides is 3. The number of imidazole rings is 1. The molecule has 1 aromatic carbocycles. The fraction of sp³-hybridized carbons (Fsp3) is 0.538. The summed E-state index contributed by atoms with van der Waals surface area (Å²) in [6.07, 6.45) is 7.36. The standard InChI is InChI=1S/C26H35N5O3/c1-4-14-31-24(33)22-21(23(32)27-15-19-12-10-18(5-2)11-13-19)28-17-30(22)16-26(31,3)25(34)29-20-8-6-7-9-20/h10-13,17,20H,4-9,14-16H2,1-3H3,(H,27,32)(H,29,34)/t26-/m1/s1. The topological polar surface area (TPSA) is 96.3 Å². The first-order valence-electron chi connectivity index (χ1n) is 12.4. The summed E-state index contributed by atoms with van der Waals surface area (Å²) >= 11 is 0. The highest BCUT2D eigenvalue weighted by molar-refractivity contribution is 6.07. The van der Waals surface area contributed by atoms with Gasteiger partial charge in [0.15, 0.2) is 5.69 Å². The monoisotopic (exact) mass is 465 g/mol. The number of hydrogen-bond acceptors (Lipinski definition) is 4. The molecule has 8 heteroatoms. The van der Waals surface area contributed by atoms with Gasteiger partial charge in [-0.25, -0.2) is 4.98 Å². The molecule has 2 aliphatic rings. The van der Waals surface area contributed by atoms with Gasteiger partial charge in [-0.15, -0.1) is 0 Å². The van der Waals surface area contributed by atoms with Crippen molar-refractivity contribution in [2.45, 2.75) is 84.0 Å². The Labute approximate surface area is 201 Å². The molecule has 0 saturated heterocycles. The zero-order chi connectivity index (χ0) is 24.3. The molecule has 0 spiro atoms. The van der Waals surface area contributed by atoms with Crippen molar-refractivity contribution in [1.29, 1.82) is 0 Å². The molecule has 1 saturated carbocycles. The molecule has 34 heavy (non-hydrogen) atoms. The van der Waals surface area contributed by atoms with Gasteiger partial charge < -0.3 is 20.1 Å². The molecule has 0 unspecified atom stereocenters. The summed E-state index contributed by atoms with van der Waals surface area (Å²) in [5.41, 5.74) is 1.54. The fourth-order valence-corrected chi connectivity index (χ4v) is 5.00. The van der Waals surface area contributed by atoms with E-state index in [1.807, 2.05) is 38.1 Å². The number of benzene rings is 1. The smallest absolute Gasteiger partial charge is 0.273 e. The first-order valence-corrected chi connectivity index (χ1v) is 12.4. The van der Waals surface area contributed by atoms with Crippen molar-refractivity contribution in [1.82, 2.24) is 25.1 Å². The Morgan fingerprint density at radius 1 is 1.12 bits per heavy atom. The average molecular weight is 466 g/mol. The molecule has 1 aromatic heterocycles. The zero-order valence-electron chi connectivity index (χ0n) is 20.4. The number of fused-ring (bicyclic) bond motifs is 1. The molecule has 182 valence electrons. The quantitative estimate of drug-likeness (QED) is 0.626. The van der Waals surface area contributed by atoms with E-state index in [9.17, 15) is 14.4 Å². The van der Waals surface area contributed by atoms with E-state index in [-0.39, 0.29) is 35.8 Å². The third-order valence-corrected chi connectivity index (χ3v) is 7.09. The molecular weight excluding hydrogens is 430 g/mol. The van der Waals surface area contributed by atoms with Crippen LogP contribution in [0, 0.1) is 0 Å². The number of hydrogen-bond donors (Lipinski definition) is 2. The van der Waals surface area contributed by atoms with Crippen molar-refractivity contribution >= 4 is 17.7 Å². The Bertz CT molecular complexity index is 1050. The van der Waals surface area contributed by atoms with E-state index in [1.54, 1.807) is 9.47 Å². The summed E-state index contributed by atoms with van der Waals surface area (Å²) in [5, 5.41) is 6.04. The van der Waals surface area contributed by atoms with Crippen LogP contribution < -0.4 is 10.6 Å². The van der Waals surface area contributed by atoms with Crippen molar-refractivity contribution in [3.63, 3.8) is 0 Å². The van der Waals surface area contributed by atoms with E-state index in [2.05, 4.69) is 22.5 Å². The van der Waals surface area contributed by atoms with E-state index in [4.69, 9.17) is 0 Å². The van der Waals surface area contributed by atoms with Crippen molar-refractivity contribution < 1.29 is 14.4 Å². The Morgan fingerprint density at radius 2 is 1.79 bits per heavy atom. The van der Waals surface area contributed by atoms with E-state index in [1.165, 1.54) is 11.9 Å². The Kier molecular flexibility index (Phi) is 7.05. The largest absolute Gasteiger partial charge is 0.351 e. The molecule has 2 aromatic rings. The van der Waals surface area contributed by atoms with Crippen LogP contribution in [0.15, 0.2) is 30.6 Å². The van der Waals surface area contributed by atoms with Crippen LogP contribution in [0.3, 0.4) is 0 Å². The summed E-state index contributed by atoms with van der Waals surface area (Å²) < 4.78 is 1.66. The summed E-state index contributed by atoms with van der Waals surface area (Å²) in [4.78, 5) is 45.8. The highest BCUT2D eigenvalue weighted by Crippen LogP contribution is 2.30. The predicted octanol–water partition coefficient (Wildman–Crippen LogP) is 3.06. The minimum absolute atomic E-state index is 0.106. The molecule has 4 rings (SSSR count). The van der Waals surface area contributed by atoms with Crippen molar-refractivity contribution in [2.75, 3.05) is 6.54 Å². The third-order valence-electron chi connectivity index (χ3n) is 7.09. The molecule has 3 amide bonds. The number of rotatable bonds is 8. The third kappa shape index (κ3) is 4.58. The summed E-state index contributed by atoms with van der Waals surface area (Å²) in [6.45, 7) is 6.94. The lowest BCUT2D eigenvalue weighted by atomic mass is 9.93. The van der Waals surface area contributed by atoms with Crippen LogP contribution in [0.4, 0.5) is 0 Å². The molecule has 8 nitrogen and oxygen atoms in total. The van der Waals surface area contributed by atoms with Crippen LogP contribution in [0.2, 0.25) is 0 Å². The molecule has 2 N–H and O–H groups in total. The average Bonchev–Trinajstić information content (AvgIpc) is 3.50. The fourth-order valence-electron chi connectivity index (χ4n) is 5.00. The lowest BCUT2D eigenvalue weighted by Crippen LogP contribution is -2.65. The Hall–Kier alpha value is -3.16. The summed E-state index contributed by atoms with van der Waals surface area (Å²) in [6, 6.07) is 8.24. The number of aromatic nitrogens is 2. The molecule has 2 heterocycles. The second-order valence-electron chi connectivity index (χ2n) is 9.61. The zero-order valence-corrected chi connectivity index (χ0v) is 20.4. The van der Waals surface area contributed by atoms with Gasteiger partial charge in [-0.05, 0) is 43.7 Å². The Balaban J connectivity index is 1.53. The van der Waals surface area contributed by atoms with Crippen molar-refractivity contribution in [3.05, 3.63) is 53.1 Å². The molecule has 1 fully saturated rings. The normalized spacial score (nSPS) is 20.3. The highest BCUT2D eigenvalue weighted by atomic mass is 16.2. The Morgan fingerprint density at radius 3 is 2.44 bits per heavy atom. The van der Waals surface area contributed by atoms with Gasteiger partial charge in [-0.1, -0.05) is 51.0 Å². The first kappa shape index (κ1) is 24.0. The molecule has 0 radical (unpaired) electrons. The molecule has 1 aliphatic carbocycles. The molecule has 1 aliphatic heterocycles. The van der Waals surface area contributed by atoms with Gasteiger partial charge in [-0.2, -0.15) is 0 Å². The number of nitrogens with one attached hydrogen (secondary N) is 2. The molecular formula is C26H35N5O3. The maximum absolute atomic E-state index is 13.6. The van der Waals surface area contributed by atoms with Gasteiger partial charge in [0.25, 0.3) is 11.8 Å². The van der Waals surface area contributed by atoms with Crippen LogP contribution in [-0.2, 0) is 24.3 Å². The number of carbonyl (C=O) groups excluding carboxylic acids is 3. The molecule has 0 bridgehead atoms. The summed E-state index contributed by atoms with van der Waals surface area (Å²) in [5.74, 6) is -0.855. The van der Waals surface area contributed by atoms with Gasteiger partial charge in [-0.3, -0.25) is 14.4 Å². The summed E-state index contributed by atoms with van der Waals surface area (Å²) in [7, 11) is 0. The van der Waals surface area contributed by atoms with Crippen LogP contribution in [0.5, 0.6) is 0 Å². The van der Waals surface area contributed by atoms with Crippen molar-refractivity contribution in [3.8, 4) is 0 Å². The van der Waals surface area contributed by atoms with E-state index in [0.29, 0.717) is 19.5 Å². The van der Waals surface area contributed by atoms with E-state index < -0.39 is 11.4 Å². The van der Waals surface area contributed by atoms with Gasteiger partial charge >= 0.3 is 0 Å². The number of carbonyl (C=O) groups is 3. The lowest BCUT2D eigenvalue weighted by Gasteiger charge is -2.44. The SMILES string of the molecule is CCCN1C(=O)c2c(C(=O)NCc3ccc(CC)cc3)ncn2C[C@]1(C)C(=O)NC1CCCC1. The highest BCUT2D eigenvalue weighted by Gasteiger charge is 2.48. The van der Waals surface area contributed by atoms with Gasteiger partial charge in [0.2, 0.25) is 5.91 Å².